The minimum atomic E-state index is -3.70. The number of benzene rings is 2. The van der Waals surface area contributed by atoms with Crippen LogP contribution < -0.4 is 5.73 Å². The quantitative estimate of drug-likeness (QED) is 0.746. The molecule has 0 aliphatic rings. The van der Waals surface area contributed by atoms with Crippen molar-refractivity contribution in [1.82, 2.24) is 4.31 Å². The van der Waals surface area contributed by atoms with E-state index in [4.69, 9.17) is 5.73 Å². The van der Waals surface area contributed by atoms with Gasteiger partial charge in [-0.3, -0.25) is 4.79 Å². The maximum absolute atomic E-state index is 13.0. The Morgan fingerprint density at radius 1 is 1.00 bits per heavy atom. The molecule has 0 unspecified atom stereocenters. The summed E-state index contributed by atoms with van der Waals surface area (Å²) >= 11 is 0. The summed E-state index contributed by atoms with van der Waals surface area (Å²) in [5, 5.41) is 0. The molecule has 1 amide bonds. The second-order valence-electron chi connectivity index (χ2n) is 5.93. The first-order chi connectivity index (χ1) is 11.9. The van der Waals surface area contributed by atoms with Crippen molar-refractivity contribution in [2.24, 2.45) is 5.73 Å². The third kappa shape index (κ3) is 5.41. The minimum absolute atomic E-state index is 0.0139. The van der Waals surface area contributed by atoms with E-state index in [0.717, 1.165) is 24.0 Å². The van der Waals surface area contributed by atoms with Gasteiger partial charge in [-0.1, -0.05) is 55.8 Å². The molecule has 0 saturated heterocycles. The lowest BCUT2D eigenvalue weighted by Crippen LogP contribution is -2.33. The van der Waals surface area contributed by atoms with Gasteiger partial charge in [0.25, 0.3) is 0 Å². The number of hydrogen-bond donors (Lipinski definition) is 1. The van der Waals surface area contributed by atoms with E-state index in [2.05, 4.69) is 6.92 Å². The highest BCUT2D eigenvalue weighted by atomic mass is 32.2. The number of nitrogens with two attached hydrogens (primary N) is 1. The van der Waals surface area contributed by atoms with Gasteiger partial charge in [0.15, 0.2) is 0 Å². The number of primary amides is 1. The van der Waals surface area contributed by atoms with E-state index in [9.17, 15) is 13.2 Å². The highest BCUT2D eigenvalue weighted by Crippen LogP contribution is 2.20. The molecule has 134 valence electrons. The Morgan fingerprint density at radius 3 is 2.20 bits per heavy atom. The maximum atomic E-state index is 13.0. The van der Waals surface area contributed by atoms with Gasteiger partial charge in [-0.25, -0.2) is 8.42 Å². The molecule has 0 radical (unpaired) electrons. The van der Waals surface area contributed by atoms with Crippen molar-refractivity contribution in [3.63, 3.8) is 0 Å². The maximum Gasteiger partial charge on any atom is 0.243 e. The summed E-state index contributed by atoms with van der Waals surface area (Å²) in [6.07, 6.45) is 1.90. The molecule has 0 aliphatic carbocycles. The highest BCUT2D eigenvalue weighted by molar-refractivity contribution is 7.89. The van der Waals surface area contributed by atoms with Gasteiger partial charge in [-0.15, -0.1) is 0 Å². The monoisotopic (exact) mass is 360 g/mol. The van der Waals surface area contributed by atoms with E-state index < -0.39 is 15.9 Å². The third-order valence-corrected chi connectivity index (χ3v) is 5.77. The molecule has 0 bridgehead atoms. The minimum Gasteiger partial charge on any atom is -0.370 e. The van der Waals surface area contributed by atoms with Gasteiger partial charge in [0.1, 0.15) is 0 Å². The van der Waals surface area contributed by atoms with Gasteiger partial charge < -0.3 is 5.73 Å². The Balaban J connectivity index is 2.27. The molecule has 0 aliphatic heterocycles. The molecule has 0 aromatic heterocycles. The normalized spacial score (nSPS) is 11.6. The predicted octanol–water partition coefficient (Wildman–Crippen LogP) is 2.71. The van der Waals surface area contributed by atoms with E-state index in [-0.39, 0.29) is 24.4 Å². The fourth-order valence-electron chi connectivity index (χ4n) is 2.57. The van der Waals surface area contributed by atoms with Gasteiger partial charge in [-0.05, 0) is 29.7 Å². The smallest absolute Gasteiger partial charge is 0.243 e. The standard InChI is InChI=1S/C19H24N2O3S/c1-2-6-16-9-11-18(12-10-16)25(23,24)21(14-13-19(20)22)15-17-7-4-3-5-8-17/h3-5,7-12H,2,6,13-15H2,1H3,(H2,20,22). The van der Waals surface area contributed by atoms with Crippen LogP contribution in [-0.4, -0.2) is 25.2 Å². The topological polar surface area (TPSA) is 80.5 Å². The summed E-state index contributed by atoms with van der Waals surface area (Å²) in [4.78, 5) is 11.4. The molecule has 0 saturated carbocycles. The predicted molar refractivity (Wildman–Crippen MR) is 98.3 cm³/mol. The first-order valence-electron chi connectivity index (χ1n) is 8.35. The van der Waals surface area contributed by atoms with Crippen LogP contribution in [0.2, 0.25) is 0 Å². The molecule has 2 rings (SSSR count). The molecule has 5 nitrogen and oxygen atoms in total. The van der Waals surface area contributed by atoms with Crippen LogP contribution in [0.3, 0.4) is 0 Å². The van der Waals surface area contributed by atoms with E-state index >= 15 is 0 Å². The largest absolute Gasteiger partial charge is 0.370 e. The first kappa shape index (κ1) is 19.1. The Kier molecular flexibility index (Phi) is 6.73. The van der Waals surface area contributed by atoms with Crippen molar-refractivity contribution in [1.29, 1.82) is 0 Å². The number of rotatable bonds is 9. The van der Waals surface area contributed by atoms with Crippen LogP contribution in [-0.2, 0) is 27.8 Å². The Labute approximate surface area is 149 Å². The molecule has 2 aromatic rings. The number of sulfonamides is 1. The van der Waals surface area contributed by atoms with E-state index in [1.807, 2.05) is 42.5 Å². The Bertz CT molecular complexity index is 787. The molecule has 6 heteroatoms. The van der Waals surface area contributed by atoms with E-state index in [0.29, 0.717) is 0 Å². The van der Waals surface area contributed by atoms with Crippen LogP contribution in [0.4, 0.5) is 0 Å². The van der Waals surface area contributed by atoms with Crippen molar-refractivity contribution in [2.75, 3.05) is 6.54 Å². The lowest BCUT2D eigenvalue weighted by atomic mass is 10.1. The molecule has 25 heavy (non-hydrogen) atoms. The molecule has 0 heterocycles. The number of nitrogens with zero attached hydrogens (tertiary/aromatic N) is 1. The van der Waals surface area contributed by atoms with Crippen LogP contribution in [0.25, 0.3) is 0 Å². The highest BCUT2D eigenvalue weighted by Gasteiger charge is 2.25. The average molecular weight is 360 g/mol. The third-order valence-electron chi connectivity index (χ3n) is 3.91. The van der Waals surface area contributed by atoms with Crippen LogP contribution in [0, 0.1) is 0 Å². The molecular formula is C19H24N2O3S. The molecule has 0 fully saturated rings. The van der Waals surface area contributed by atoms with Crippen molar-refractivity contribution < 1.29 is 13.2 Å². The van der Waals surface area contributed by atoms with Crippen molar-refractivity contribution in [2.45, 2.75) is 37.6 Å². The van der Waals surface area contributed by atoms with Crippen molar-refractivity contribution in [3.8, 4) is 0 Å². The second kappa shape index (κ2) is 8.78. The zero-order valence-electron chi connectivity index (χ0n) is 14.4. The number of amides is 1. The van der Waals surface area contributed by atoms with Gasteiger partial charge in [-0.2, -0.15) is 4.31 Å². The Morgan fingerprint density at radius 2 is 1.64 bits per heavy atom. The lowest BCUT2D eigenvalue weighted by molar-refractivity contribution is -0.118. The van der Waals surface area contributed by atoms with Gasteiger partial charge in [0.05, 0.1) is 4.90 Å². The lowest BCUT2D eigenvalue weighted by Gasteiger charge is -2.22. The zero-order chi connectivity index (χ0) is 18.3. The fraction of sp³-hybridized carbons (Fsp3) is 0.316. The van der Waals surface area contributed by atoms with Crippen LogP contribution in [0.1, 0.15) is 30.9 Å². The van der Waals surface area contributed by atoms with Gasteiger partial charge >= 0.3 is 0 Å². The van der Waals surface area contributed by atoms with Crippen molar-refractivity contribution in [3.05, 3.63) is 65.7 Å². The molecule has 2 N–H and O–H groups in total. The SMILES string of the molecule is CCCc1ccc(S(=O)(=O)N(CCC(N)=O)Cc2ccccc2)cc1. The number of aryl methyl sites for hydroxylation is 1. The summed E-state index contributed by atoms with van der Waals surface area (Å²) < 4.78 is 27.3. The summed E-state index contributed by atoms with van der Waals surface area (Å²) in [5.41, 5.74) is 7.17. The summed E-state index contributed by atoms with van der Waals surface area (Å²) in [7, 11) is -3.70. The summed E-state index contributed by atoms with van der Waals surface area (Å²) in [6.45, 7) is 2.34. The molecular weight excluding hydrogens is 336 g/mol. The fourth-order valence-corrected chi connectivity index (χ4v) is 4.00. The summed E-state index contributed by atoms with van der Waals surface area (Å²) in [5.74, 6) is -0.522. The molecule has 0 atom stereocenters. The number of carbonyl (C=O) groups excluding carboxylic acids is 1. The van der Waals surface area contributed by atoms with Crippen LogP contribution in [0.15, 0.2) is 59.5 Å². The number of hydrogen-bond acceptors (Lipinski definition) is 3. The first-order valence-corrected chi connectivity index (χ1v) is 9.79. The molecule has 2 aromatic carbocycles. The van der Waals surface area contributed by atoms with E-state index in [1.54, 1.807) is 12.1 Å². The van der Waals surface area contributed by atoms with E-state index in [1.165, 1.54) is 4.31 Å². The van der Waals surface area contributed by atoms with Gasteiger partial charge in [0, 0.05) is 19.5 Å². The average Bonchev–Trinajstić information content (AvgIpc) is 2.60. The van der Waals surface area contributed by atoms with Crippen molar-refractivity contribution >= 4 is 15.9 Å². The molecule has 0 spiro atoms. The summed E-state index contributed by atoms with van der Waals surface area (Å²) in [6, 6.07) is 16.2. The van der Waals surface area contributed by atoms with Crippen LogP contribution >= 0.6 is 0 Å². The van der Waals surface area contributed by atoms with Crippen LogP contribution in [0.5, 0.6) is 0 Å². The second-order valence-corrected chi connectivity index (χ2v) is 7.87. The van der Waals surface area contributed by atoms with Gasteiger partial charge in [0.2, 0.25) is 15.9 Å². The Hall–Kier alpha value is -2.18. The zero-order valence-corrected chi connectivity index (χ0v) is 15.2. The number of carbonyl (C=O) groups is 1.